The zero-order valence-electron chi connectivity index (χ0n) is 79.0. The van der Waals surface area contributed by atoms with Gasteiger partial charge in [-0.25, -0.2) is 0 Å². The van der Waals surface area contributed by atoms with Gasteiger partial charge in [0.2, 0.25) is 0 Å². The number of carbonyl (C=O) groups is 2. The summed E-state index contributed by atoms with van der Waals surface area (Å²) in [5.41, 5.74) is 33.5. The van der Waals surface area contributed by atoms with Crippen molar-refractivity contribution in [2.24, 2.45) is 34.4 Å². The molecule has 26 nitrogen and oxygen atoms in total. The van der Waals surface area contributed by atoms with Gasteiger partial charge in [0.05, 0.1) is 39.6 Å². The molecule has 0 saturated heterocycles. The van der Waals surface area contributed by atoms with E-state index in [1.54, 1.807) is 0 Å². The minimum atomic E-state index is -1.56. The Morgan fingerprint density at radius 1 is 0.229 bits per heavy atom. The third-order valence-electron chi connectivity index (χ3n) is 22.1. The van der Waals surface area contributed by atoms with Gasteiger partial charge in [-0.15, -0.1) is 0 Å². The molecule has 0 aromatic carbocycles. The largest absolute Gasteiger partial charge is 0.376 e. The number of amides is 2. The van der Waals surface area contributed by atoms with Crippen molar-refractivity contribution in [1.82, 2.24) is 49.8 Å². The molecule has 4 unspecified atom stereocenters. The van der Waals surface area contributed by atoms with E-state index in [2.05, 4.69) is 119 Å². The van der Waals surface area contributed by atoms with Gasteiger partial charge in [0.15, 0.2) is 23.7 Å². The molecule has 4 atom stereocenters. The molecule has 0 aliphatic carbocycles. The molecule has 26 heteroatoms. The van der Waals surface area contributed by atoms with Gasteiger partial charge in [0.1, 0.15) is 0 Å². The molecular formula is C92H198N16O10. The lowest BCUT2D eigenvalue weighted by atomic mass is 10.1. The van der Waals surface area contributed by atoms with Crippen LogP contribution < -0.4 is 45.0 Å². The number of nitrogens with two attached hydrogens (primary N) is 6. The van der Waals surface area contributed by atoms with Gasteiger partial charge in [-0.3, -0.25) is 9.59 Å². The fourth-order valence-corrected chi connectivity index (χ4v) is 14.7. The van der Waals surface area contributed by atoms with Crippen molar-refractivity contribution in [2.75, 3.05) is 276 Å². The predicted molar refractivity (Wildman–Crippen MR) is 496 cm³/mol. The quantitative estimate of drug-likeness (QED) is 0.0207. The molecule has 0 aromatic heterocycles. The maximum atomic E-state index is 16.8. The first-order valence-electron chi connectivity index (χ1n) is 49.2. The highest BCUT2D eigenvalue weighted by Gasteiger charge is 2.45. The Hall–Kier alpha value is -1.94. The van der Waals surface area contributed by atoms with Crippen LogP contribution in [0.1, 0.15) is 288 Å². The number of nitrogens with zero attached hydrogens (tertiary/aromatic N) is 8. The maximum absolute atomic E-state index is 16.8. The van der Waals surface area contributed by atoms with Crippen LogP contribution in [0.25, 0.3) is 0 Å². The molecule has 0 heterocycles. The summed E-state index contributed by atoms with van der Waals surface area (Å²) in [6, 6.07) is 0. The predicted octanol–water partition coefficient (Wildman–Crippen LogP) is 11.1. The van der Waals surface area contributed by atoms with E-state index in [9.17, 15) is 0 Å². The molecule has 0 saturated carbocycles. The highest BCUT2D eigenvalue weighted by molar-refractivity contribution is 5.91. The number of hydrogen-bond donors (Lipinski definition) is 8. The van der Waals surface area contributed by atoms with Crippen LogP contribution in [0.2, 0.25) is 0 Å². The van der Waals surface area contributed by atoms with Crippen molar-refractivity contribution in [3.63, 3.8) is 0 Å². The number of hydrogen-bond acceptors (Lipinski definition) is 24. The Bertz CT molecular complexity index is 1830. The Kier molecular flexibility index (Phi) is 84.4. The maximum Gasteiger partial charge on any atom is 0.254 e. The fourth-order valence-electron chi connectivity index (χ4n) is 14.7. The summed E-state index contributed by atoms with van der Waals surface area (Å²) < 4.78 is 56.6. The monoisotopic (exact) mass is 1690 g/mol. The van der Waals surface area contributed by atoms with E-state index < -0.39 is 35.5 Å². The van der Waals surface area contributed by atoms with E-state index in [4.69, 9.17) is 72.3 Å². The Morgan fingerprint density at radius 2 is 0.381 bits per heavy atom. The van der Waals surface area contributed by atoms with Crippen LogP contribution in [-0.4, -0.2) is 350 Å². The molecule has 14 N–H and O–H groups in total. The van der Waals surface area contributed by atoms with Crippen molar-refractivity contribution < 1.29 is 47.5 Å². The first-order valence-corrected chi connectivity index (χ1v) is 49.2. The van der Waals surface area contributed by atoms with Crippen LogP contribution >= 0.6 is 0 Å². The first-order chi connectivity index (χ1) is 57.7. The first kappa shape index (κ1) is 116. The zero-order valence-corrected chi connectivity index (χ0v) is 79.0. The molecule has 0 aromatic rings. The third-order valence-corrected chi connectivity index (χ3v) is 22.1. The van der Waals surface area contributed by atoms with E-state index in [-0.39, 0.29) is 46.2 Å². The summed E-state index contributed by atoms with van der Waals surface area (Å²) in [5, 5.41) is 6.99. The van der Waals surface area contributed by atoms with E-state index in [1.807, 2.05) is 0 Å². The average Bonchev–Trinajstić information content (AvgIpc) is 0.813. The van der Waals surface area contributed by atoms with Crippen molar-refractivity contribution in [3.05, 3.63) is 0 Å². The zero-order chi connectivity index (χ0) is 86.7. The lowest BCUT2D eigenvalue weighted by molar-refractivity contribution is -0.186. The molecule has 706 valence electrons. The lowest BCUT2D eigenvalue weighted by Crippen LogP contribution is -2.65. The molecular weight excluding hydrogens is 1490 g/mol. The molecule has 0 radical (unpaired) electrons. The van der Waals surface area contributed by atoms with Crippen molar-refractivity contribution in [2.45, 2.75) is 311 Å². The number of nitrogens with one attached hydrogen (secondary N) is 2. The van der Waals surface area contributed by atoms with Crippen molar-refractivity contribution in [3.8, 4) is 0 Å². The third kappa shape index (κ3) is 64.7. The molecule has 2 amide bonds. The van der Waals surface area contributed by atoms with Gasteiger partial charge in [0.25, 0.3) is 11.8 Å². The molecule has 0 bridgehead atoms. The standard InChI is InChI=1S/C92H198N16O10/c1-11-21-51-101(52-22-12-2)67-37-75-111-83-91(117-81-43-73-104(57-27-17-7)58-28-18-8,84-112-76-38-68-105(59-29-19-9)61-31-45-93)99-89(109)87(115-79-41-71-102(53-23-13-3)54-24-14-4)88(116-80-42-72-103(55-25-15-5)56-26-16-6)90(110)100-92(118-82-44-74-108(65-35-49-97)66-36-50-98,85-113-77-39-69-106(60-30-20-10)62-32-46-94)86-114-78-40-70-107(63-33-47-95)64-34-48-96/h87-88H,11-86,93-98H2,1-10H3,(H,99,109)(H,100,110). The summed E-state index contributed by atoms with van der Waals surface area (Å²) in [5.74, 6) is -1.12. The average molecular weight is 1690 g/mol. The van der Waals surface area contributed by atoms with Crippen LogP contribution in [0.3, 0.4) is 0 Å². The molecule has 0 spiro atoms. The SMILES string of the molecule is CCCCN(CCCC)CCCOCC(COCCCN(CCCC)CCCN)(NC(=O)C(OCCCN(CCCC)CCCC)C(OCCCN(CCCC)CCCC)C(=O)NC(COCCCN(CCCC)CCCN)(COCCCN(CCCN)CCCN)OCCCN(CCCN)CCCN)OCCCN(CCCC)CCCC. The summed E-state index contributed by atoms with van der Waals surface area (Å²) in [6.45, 7) is 50.1. The highest BCUT2D eigenvalue weighted by Crippen LogP contribution is 2.21. The normalized spacial score (nSPS) is 13.8. The number of ether oxygens (including phenoxy) is 8. The van der Waals surface area contributed by atoms with Crippen LogP contribution in [0.5, 0.6) is 0 Å². The second-order valence-electron chi connectivity index (χ2n) is 33.4. The van der Waals surface area contributed by atoms with Crippen LogP contribution in [0.4, 0.5) is 0 Å². The topological polar surface area (TPSA) is 314 Å². The highest BCUT2D eigenvalue weighted by atomic mass is 16.6. The smallest absolute Gasteiger partial charge is 0.254 e. The minimum absolute atomic E-state index is 0.000531. The number of carbonyl (C=O) groups excluding carboxylic acids is 2. The Labute approximate surface area is 726 Å². The van der Waals surface area contributed by atoms with Gasteiger partial charge in [-0.05, 0) is 298 Å². The van der Waals surface area contributed by atoms with E-state index in [0.717, 1.165) is 343 Å². The Morgan fingerprint density at radius 3 is 0.551 bits per heavy atom. The number of rotatable bonds is 97. The summed E-state index contributed by atoms with van der Waals surface area (Å²) in [4.78, 5) is 53.5. The van der Waals surface area contributed by atoms with Gasteiger partial charge in [0, 0.05) is 92.0 Å². The van der Waals surface area contributed by atoms with E-state index in [0.29, 0.717) is 104 Å². The van der Waals surface area contributed by atoms with E-state index >= 15 is 9.59 Å². The van der Waals surface area contributed by atoms with Crippen molar-refractivity contribution >= 4 is 11.8 Å². The lowest BCUT2D eigenvalue weighted by Gasteiger charge is -2.38. The van der Waals surface area contributed by atoms with Gasteiger partial charge in [-0.1, -0.05) is 133 Å². The van der Waals surface area contributed by atoms with E-state index in [1.165, 1.54) is 0 Å². The van der Waals surface area contributed by atoms with Gasteiger partial charge in [-0.2, -0.15) is 0 Å². The molecule has 0 aliphatic heterocycles. The summed E-state index contributed by atoms with van der Waals surface area (Å²) >= 11 is 0. The van der Waals surface area contributed by atoms with Gasteiger partial charge < -0.3 is 122 Å². The van der Waals surface area contributed by atoms with Crippen molar-refractivity contribution in [1.29, 1.82) is 0 Å². The molecule has 0 rings (SSSR count). The summed E-state index contributed by atoms with van der Waals surface area (Å²) in [6.07, 6.45) is 29.9. The second-order valence-corrected chi connectivity index (χ2v) is 33.4. The van der Waals surface area contributed by atoms with Crippen LogP contribution in [0.15, 0.2) is 0 Å². The van der Waals surface area contributed by atoms with Gasteiger partial charge >= 0.3 is 0 Å². The fraction of sp³-hybridized carbons (Fsp3) is 0.978. The molecule has 118 heavy (non-hydrogen) atoms. The second kappa shape index (κ2) is 85.8. The molecule has 0 aliphatic rings. The Balaban J connectivity index is 9.24. The molecule has 0 fully saturated rings. The minimum Gasteiger partial charge on any atom is -0.376 e. The number of unbranched alkanes of at least 4 members (excludes halogenated alkanes) is 10. The van der Waals surface area contributed by atoms with Crippen LogP contribution in [0, 0.1) is 0 Å². The van der Waals surface area contributed by atoms with Crippen LogP contribution in [-0.2, 0) is 47.5 Å². The summed E-state index contributed by atoms with van der Waals surface area (Å²) in [7, 11) is 0.